The number of anilines is 1. The van der Waals surface area contributed by atoms with E-state index >= 15 is 0 Å². The van der Waals surface area contributed by atoms with Gasteiger partial charge >= 0.3 is 12.3 Å². The summed E-state index contributed by atoms with van der Waals surface area (Å²) in [4.78, 5) is 41.8. The first-order valence-electron chi connectivity index (χ1n) is 9.85. The molecule has 0 aliphatic rings. The number of benzene rings is 1. The molecule has 0 atom stereocenters. The molecule has 14 heteroatoms. The summed E-state index contributed by atoms with van der Waals surface area (Å²) in [5, 5.41) is 4.42. The molecule has 184 valence electrons. The number of nitrogens with one attached hydrogen (secondary N) is 1. The first-order valence-corrected chi connectivity index (χ1v) is 11.5. The van der Waals surface area contributed by atoms with E-state index in [0.29, 0.717) is 22.6 Å². The maximum absolute atomic E-state index is 12.7. The third kappa shape index (κ3) is 4.68. The van der Waals surface area contributed by atoms with E-state index in [1.54, 1.807) is 12.3 Å². The van der Waals surface area contributed by atoms with Crippen molar-refractivity contribution in [2.75, 3.05) is 5.32 Å². The lowest BCUT2D eigenvalue weighted by Crippen LogP contribution is -2.36. The van der Waals surface area contributed by atoms with Crippen molar-refractivity contribution in [3.8, 4) is 17.0 Å². The van der Waals surface area contributed by atoms with Gasteiger partial charge in [0, 0.05) is 30.6 Å². The Balaban J connectivity index is 1.57. The van der Waals surface area contributed by atoms with Gasteiger partial charge in [-0.25, -0.2) is 9.78 Å². The molecule has 35 heavy (non-hydrogen) atoms. The summed E-state index contributed by atoms with van der Waals surface area (Å²) in [7, 11) is 2.82. The zero-order chi connectivity index (χ0) is 25.6. The Morgan fingerprint density at radius 1 is 1.23 bits per heavy atom. The van der Waals surface area contributed by atoms with Gasteiger partial charge in [0.2, 0.25) is 11.6 Å². The number of alkyl halides is 2. The molecule has 3 heterocycles. The van der Waals surface area contributed by atoms with E-state index in [9.17, 15) is 23.2 Å². The van der Waals surface area contributed by atoms with Crippen LogP contribution in [0.2, 0.25) is 10.0 Å². The lowest BCUT2D eigenvalue weighted by Gasteiger charge is -2.10. The highest BCUT2D eigenvalue weighted by molar-refractivity contribution is 7.14. The Morgan fingerprint density at radius 3 is 2.51 bits per heavy atom. The zero-order valence-electron chi connectivity index (χ0n) is 18.3. The lowest BCUT2D eigenvalue weighted by atomic mass is 10.1. The van der Waals surface area contributed by atoms with E-state index in [1.165, 1.54) is 30.8 Å². The summed E-state index contributed by atoms with van der Waals surface area (Å²) in [5.74, 6) is -0.477. The van der Waals surface area contributed by atoms with Gasteiger partial charge in [-0.1, -0.05) is 23.2 Å². The number of furan rings is 1. The Labute approximate surface area is 209 Å². The van der Waals surface area contributed by atoms with Gasteiger partial charge in [0.1, 0.15) is 11.1 Å². The van der Waals surface area contributed by atoms with Crippen molar-refractivity contribution >= 4 is 56.7 Å². The van der Waals surface area contributed by atoms with Crippen molar-refractivity contribution in [2.45, 2.75) is 20.0 Å². The molecule has 0 saturated heterocycles. The summed E-state index contributed by atoms with van der Waals surface area (Å²) in [5.41, 5.74) is 0.163. The second kappa shape index (κ2) is 9.44. The van der Waals surface area contributed by atoms with E-state index in [0.717, 1.165) is 15.9 Å². The molecule has 4 aromatic rings. The van der Waals surface area contributed by atoms with Crippen LogP contribution in [0, 0.1) is 6.92 Å². The minimum absolute atomic E-state index is 0.0861. The number of aromatic nitrogens is 3. The number of rotatable bonds is 6. The number of aryl methyl sites for hydroxylation is 2. The van der Waals surface area contributed by atoms with Crippen LogP contribution in [0.25, 0.3) is 22.4 Å². The molecule has 3 aromatic heterocycles. The van der Waals surface area contributed by atoms with Gasteiger partial charge in [0.25, 0.3) is 5.56 Å². The molecule has 0 bridgehead atoms. The molecule has 1 N–H and O–H groups in total. The van der Waals surface area contributed by atoms with E-state index in [1.807, 2.05) is 0 Å². The maximum Gasteiger partial charge on any atom is 0.387 e. The first kappa shape index (κ1) is 24.9. The van der Waals surface area contributed by atoms with Crippen molar-refractivity contribution in [3.63, 3.8) is 0 Å². The largest absolute Gasteiger partial charge is 0.444 e. The van der Waals surface area contributed by atoms with Crippen LogP contribution in [0.15, 0.2) is 31.5 Å². The molecule has 0 aliphatic carbocycles. The van der Waals surface area contributed by atoms with E-state index in [-0.39, 0.29) is 38.4 Å². The van der Waals surface area contributed by atoms with Gasteiger partial charge in [-0.3, -0.25) is 18.7 Å². The monoisotopic (exact) mass is 544 g/mol. The number of amides is 1. The minimum Gasteiger partial charge on any atom is -0.444 e. The van der Waals surface area contributed by atoms with Crippen molar-refractivity contribution in [2.24, 2.45) is 14.1 Å². The van der Waals surface area contributed by atoms with Gasteiger partial charge < -0.3 is 14.5 Å². The fraction of sp³-hybridized carbons (Fsp3) is 0.238. The number of hydrogen-bond donors (Lipinski definition) is 1. The van der Waals surface area contributed by atoms with E-state index < -0.39 is 23.8 Å². The molecule has 0 saturated carbocycles. The van der Waals surface area contributed by atoms with E-state index in [2.05, 4.69) is 15.0 Å². The number of nitrogens with zero attached hydrogens (tertiary/aromatic N) is 3. The number of carbonyl (C=O) groups excluding carboxylic acids is 1. The van der Waals surface area contributed by atoms with Crippen molar-refractivity contribution in [1.82, 2.24) is 14.1 Å². The smallest absolute Gasteiger partial charge is 0.387 e. The molecule has 0 aliphatic heterocycles. The Kier molecular flexibility index (Phi) is 6.71. The third-order valence-corrected chi connectivity index (χ3v) is 6.50. The van der Waals surface area contributed by atoms with Gasteiger partial charge in [-0.15, -0.1) is 11.3 Å². The number of halogens is 4. The minimum atomic E-state index is -3.09. The maximum atomic E-state index is 12.7. The molecule has 1 aromatic carbocycles. The zero-order valence-corrected chi connectivity index (χ0v) is 20.6. The fourth-order valence-corrected chi connectivity index (χ4v) is 4.81. The van der Waals surface area contributed by atoms with Crippen LogP contribution < -0.4 is 21.3 Å². The van der Waals surface area contributed by atoms with Crippen molar-refractivity contribution in [1.29, 1.82) is 0 Å². The van der Waals surface area contributed by atoms with Crippen LogP contribution in [0.4, 0.5) is 13.9 Å². The lowest BCUT2D eigenvalue weighted by molar-refractivity contribution is -0.115. The molecule has 4 rings (SSSR count). The van der Waals surface area contributed by atoms with Crippen molar-refractivity contribution < 1.29 is 22.7 Å². The highest BCUT2D eigenvalue weighted by atomic mass is 35.5. The third-order valence-electron chi connectivity index (χ3n) is 5.18. The van der Waals surface area contributed by atoms with E-state index in [4.69, 9.17) is 27.6 Å². The van der Waals surface area contributed by atoms with Gasteiger partial charge in [0.05, 0.1) is 22.2 Å². The topological polar surface area (TPSA) is 108 Å². The van der Waals surface area contributed by atoms with Crippen LogP contribution in [-0.2, 0) is 25.3 Å². The SMILES string of the molecule is Cc1oc2c(c1CC(=O)Nc1nc(-c3cc(Cl)c(OC(F)F)c(Cl)c3)cs1)c(=O)n(C)c(=O)n2C. The number of fused-ring (bicyclic) bond motifs is 1. The highest BCUT2D eigenvalue weighted by Gasteiger charge is 2.22. The standard InChI is InChI=1S/C21H16Cl2F2N4O5S/c1-8-10(15-17(31)28(2)21(32)29(3)18(15)33-8)6-14(30)27-20-26-13(7-35-20)9-4-11(22)16(12(23)5-9)34-19(24)25/h4-5,7,19H,6H2,1-3H3,(H,26,27,30). The highest BCUT2D eigenvalue weighted by Crippen LogP contribution is 2.39. The van der Waals surface area contributed by atoms with Gasteiger partial charge in [-0.2, -0.15) is 8.78 Å². The summed E-state index contributed by atoms with van der Waals surface area (Å²) >= 11 is 13.1. The molecular weight excluding hydrogens is 529 g/mol. The second-order valence-electron chi connectivity index (χ2n) is 7.43. The van der Waals surface area contributed by atoms with Crippen LogP contribution in [-0.4, -0.2) is 26.6 Å². The van der Waals surface area contributed by atoms with Crippen LogP contribution in [0.1, 0.15) is 11.3 Å². The molecule has 9 nitrogen and oxygen atoms in total. The summed E-state index contributed by atoms with van der Waals surface area (Å²) < 4.78 is 37.1. The number of carbonyl (C=O) groups is 1. The summed E-state index contributed by atoms with van der Waals surface area (Å²) in [6.45, 7) is -1.49. The molecule has 1 amide bonds. The second-order valence-corrected chi connectivity index (χ2v) is 9.11. The first-order chi connectivity index (χ1) is 16.5. The molecule has 0 unspecified atom stereocenters. The number of hydrogen-bond acceptors (Lipinski definition) is 7. The summed E-state index contributed by atoms with van der Waals surface area (Å²) in [6.07, 6.45) is -0.196. The average Bonchev–Trinajstić information content (AvgIpc) is 3.38. The Bertz CT molecular complexity index is 1570. The molecule has 0 spiro atoms. The van der Waals surface area contributed by atoms with Crippen LogP contribution in [0.3, 0.4) is 0 Å². The number of thiazole rings is 1. The predicted octanol–water partition coefficient (Wildman–Crippen LogP) is 4.35. The molecular formula is C21H16Cl2F2N4O5S. The van der Waals surface area contributed by atoms with Gasteiger partial charge in [-0.05, 0) is 19.1 Å². The Hall–Kier alpha value is -3.22. The van der Waals surface area contributed by atoms with Crippen LogP contribution >= 0.6 is 34.5 Å². The molecule has 0 fully saturated rings. The Morgan fingerprint density at radius 2 is 1.89 bits per heavy atom. The number of ether oxygens (including phenoxy) is 1. The van der Waals surface area contributed by atoms with Crippen molar-refractivity contribution in [3.05, 3.63) is 59.7 Å². The average molecular weight is 545 g/mol. The predicted molar refractivity (Wildman–Crippen MR) is 128 cm³/mol. The fourth-order valence-electron chi connectivity index (χ4n) is 3.50. The molecule has 0 radical (unpaired) electrons. The van der Waals surface area contributed by atoms with Gasteiger partial charge in [0.15, 0.2) is 10.9 Å². The quantitative estimate of drug-likeness (QED) is 0.386. The van der Waals surface area contributed by atoms with Crippen LogP contribution in [0.5, 0.6) is 5.75 Å². The normalized spacial score (nSPS) is 11.4. The summed E-state index contributed by atoms with van der Waals surface area (Å²) in [6, 6.07) is 2.74.